The summed E-state index contributed by atoms with van der Waals surface area (Å²) in [5, 5.41) is 9.60. The number of amides is 1. The fraction of sp³-hybridized carbons (Fsp3) is 0.600. The summed E-state index contributed by atoms with van der Waals surface area (Å²) in [6.45, 7) is 6.03. The third-order valence-corrected chi connectivity index (χ3v) is 2.15. The number of nitrogens with zero attached hydrogens (tertiary/aromatic N) is 1. The fourth-order valence-corrected chi connectivity index (χ4v) is 1.47. The molecule has 1 atom stereocenters. The molecule has 1 heterocycles. The Labute approximate surface area is 89.2 Å². The summed E-state index contributed by atoms with van der Waals surface area (Å²) in [7, 11) is 1.61. The van der Waals surface area contributed by atoms with Crippen LogP contribution in [0.5, 0.6) is 0 Å². The van der Waals surface area contributed by atoms with E-state index < -0.39 is 0 Å². The molecular weight excluding hydrogens is 194 g/mol. The van der Waals surface area contributed by atoms with E-state index in [4.69, 9.17) is 4.74 Å². The van der Waals surface area contributed by atoms with Gasteiger partial charge in [-0.15, -0.1) is 0 Å². The Morgan fingerprint density at radius 2 is 2.27 bits per heavy atom. The van der Waals surface area contributed by atoms with Gasteiger partial charge in [0.1, 0.15) is 0 Å². The molecule has 0 spiro atoms. The van der Waals surface area contributed by atoms with Crippen LogP contribution < -0.4 is 5.32 Å². The van der Waals surface area contributed by atoms with Gasteiger partial charge in [-0.1, -0.05) is 0 Å². The van der Waals surface area contributed by atoms with Crippen molar-refractivity contribution in [3.63, 3.8) is 0 Å². The predicted octanol–water partition coefficient (Wildman–Crippen LogP) is 0.791. The van der Waals surface area contributed by atoms with E-state index in [2.05, 4.69) is 15.5 Å². The molecule has 1 unspecified atom stereocenters. The molecule has 2 N–H and O–H groups in total. The van der Waals surface area contributed by atoms with E-state index in [0.717, 1.165) is 11.4 Å². The third kappa shape index (κ3) is 2.79. The first-order valence-corrected chi connectivity index (χ1v) is 4.87. The second-order valence-electron chi connectivity index (χ2n) is 3.64. The van der Waals surface area contributed by atoms with Crippen molar-refractivity contribution in [3.05, 3.63) is 17.0 Å². The number of hydrogen-bond acceptors (Lipinski definition) is 3. The van der Waals surface area contributed by atoms with Crippen molar-refractivity contribution < 1.29 is 9.53 Å². The minimum Gasteiger partial charge on any atom is -0.383 e. The van der Waals surface area contributed by atoms with Gasteiger partial charge in [0.15, 0.2) is 0 Å². The van der Waals surface area contributed by atoms with Gasteiger partial charge in [-0.25, -0.2) is 0 Å². The van der Waals surface area contributed by atoms with Crippen LogP contribution in [-0.4, -0.2) is 35.9 Å². The first-order valence-electron chi connectivity index (χ1n) is 4.87. The molecule has 5 nitrogen and oxygen atoms in total. The number of carbonyl (C=O) groups is 1. The fourth-order valence-electron chi connectivity index (χ4n) is 1.47. The van der Waals surface area contributed by atoms with Crippen LogP contribution in [0.4, 0.5) is 0 Å². The minimum absolute atomic E-state index is 0.00352. The Morgan fingerprint density at radius 1 is 1.60 bits per heavy atom. The maximum absolute atomic E-state index is 11.8. The van der Waals surface area contributed by atoms with Gasteiger partial charge in [0.25, 0.3) is 5.91 Å². The molecule has 0 saturated heterocycles. The van der Waals surface area contributed by atoms with Crippen LogP contribution in [0.25, 0.3) is 0 Å². The molecule has 84 valence electrons. The van der Waals surface area contributed by atoms with E-state index in [-0.39, 0.29) is 11.9 Å². The predicted molar refractivity (Wildman–Crippen MR) is 56.9 cm³/mol. The third-order valence-electron chi connectivity index (χ3n) is 2.15. The van der Waals surface area contributed by atoms with Gasteiger partial charge in [0.2, 0.25) is 0 Å². The number of nitrogens with one attached hydrogen (secondary N) is 2. The summed E-state index contributed by atoms with van der Waals surface area (Å²) in [6, 6.07) is -0.00352. The van der Waals surface area contributed by atoms with Gasteiger partial charge in [0.05, 0.1) is 17.9 Å². The number of aromatic amines is 1. The highest BCUT2D eigenvalue weighted by Crippen LogP contribution is 2.08. The summed E-state index contributed by atoms with van der Waals surface area (Å²) in [5.41, 5.74) is 2.13. The highest BCUT2D eigenvalue weighted by atomic mass is 16.5. The molecule has 15 heavy (non-hydrogen) atoms. The van der Waals surface area contributed by atoms with Crippen LogP contribution in [0, 0.1) is 13.8 Å². The number of rotatable bonds is 4. The molecule has 0 aliphatic rings. The molecular formula is C10H17N3O2. The molecule has 0 saturated carbocycles. The van der Waals surface area contributed by atoms with Gasteiger partial charge in [0, 0.05) is 18.8 Å². The molecule has 0 aromatic carbocycles. The summed E-state index contributed by atoms with van der Waals surface area (Å²) < 4.78 is 4.94. The van der Waals surface area contributed by atoms with Crippen molar-refractivity contribution in [1.29, 1.82) is 0 Å². The molecule has 1 amide bonds. The second kappa shape index (κ2) is 4.93. The largest absolute Gasteiger partial charge is 0.383 e. The lowest BCUT2D eigenvalue weighted by Gasteiger charge is -2.12. The second-order valence-corrected chi connectivity index (χ2v) is 3.64. The molecule has 0 aliphatic heterocycles. The molecule has 0 bridgehead atoms. The summed E-state index contributed by atoms with van der Waals surface area (Å²) >= 11 is 0. The number of carbonyl (C=O) groups excluding carboxylic acids is 1. The van der Waals surface area contributed by atoms with Crippen molar-refractivity contribution in [1.82, 2.24) is 15.5 Å². The van der Waals surface area contributed by atoms with Gasteiger partial charge in [-0.05, 0) is 20.8 Å². The monoisotopic (exact) mass is 211 g/mol. The molecule has 1 aromatic rings. The zero-order valence-corrected chi connectivity index (χ0v) is 9.55. The number of methoxy groups -OCH3 is 1. The first kappa shape index (κ1) is 11.7. The summed E-state index contributed by atoms with van der Waals surface area (Å²) in [6.07, 6.45) is 0. The molecule has 1 rings (SSSR count). The Bertz CT molecular complexity index is 327. The van der Waals surface area contributed by atoms with Crippen molar-refractivity contribution >= 4 is 5.91 Å². The van der Waals surface area contributed by atoms with Crippen molar-refractivity contribution in [2.45, 2.75) is 26.8 Å². The maximum Gasteiger partial charge on any atom is 0.255 e. The van der Waals surface area contributed by atoms with Crippen LogP contribution in [0.2, 0.25) is 0 Å². The van der Waals surface area contributed by atoms with Crippen LogP contribution in [0.3, 0.4) is 0 Å². The summed E-state index contributed by atoms with van der Waals surface area (Å²) in [4.78, 5) is 11.8. The van der Waals surface area contributed by atoms with E-state index in [9.17, 15) is 4.79 Å². The van der Waals surface area contributed by atoms with E-state index in [1.165, 1.54) is 0 Å². The lowest BCUT2D eigenvalue weighted by molar-refractivity contribution is 0.0904. The van der Waals surface area contributed by atoms with Crippen LogP contribution in [0.15, 0.2) is 0 Å². The highest BCUT2D eigenvalue weighted by molar-refractivity contribution is 5.96. The summed E-state index contributed by atoms with van der Waals surface area (Å²) in [5.74, 6) is -0.108. The Morgan fingerprint density at radius 3 is 2.73 bits per heavy atom. The number of hydrogen-bond donors (Lipinski definition) is 2. The number of ether oxygens (including phenoxy) is 1. The topological polar surface area (TPSA) is 67.0 Å². The SMILES string of the molecule is COCC(C)NC(=O)c1c(C)n[nH]c1C. The van der Waals surface area contributed by atoms with Crippen molar-refractivity contribution in [2.24, 2.45) is 0 Å². The number of aryl methyl sites for hydroxylation is 2. The molecule has 5 heteroatoms. The van der Waals surface area contributed by atoms with E-state index >= 15 is 0 Å². The molecule has 1 aromatic heterocycles. The molecule has 0 radical (unpaired) electrons. The van der Waals surface area contributed by atoms with Crippen molar-refractivity contribution in [3.8, 4) is 0 Å². The number of H-pyrrole nitrogens is 1. The molecule has 0 aliphatic carbocycles. The number of aromatic nitrogens is 2. The van der Waals surface area contributed by atoms with Crippen molar-refractivity contribution in [2.75, 3.05) is 13.7 Å². The van der Waals surface area contributed by atoms with Gasteiger partial charge in [-0.2, -0.15) is 5.10 Å². The Hall–Kier alpha value is -1.36. The smallest absolute Gasteiger partial charge is 0.255 e. The minimum atomic E-state index is -0.108. The van der Waals surface area contributed by atoms with Gasteiger partial charge >= 0.3 is 0 Å². The quantitative estimate of drug-likeness (QED) is 0.773. The lowest BCUT2D eigenvalue weighted by atomic mass is 10.2. The van der Waals surface area contributed by atoms with E-state index in [0.29, 0.717) is 12.2 Å². The zero-order valence-electron chi connectivity index (χ0n) is 9.55. The molecule has 0 fully saturated rings. The maximum atomic E-state index is 11.8. The Kier molecular flexibility index (Phi) is 3.85. The lowest BCUT2D eigenvalue weighted by Crippen LogP contribution is -2.36. The van der Waals surface area contributed by atoms with E-state index in [1.807, 2.05) is 13.8 Å². The Balaban J connectivity index is 2.69. The van der Waals surface area contributed by atoms with E-state index in [1.54, 1.807) is 14.0 Å². The van der Waals surface area contributed by atoms with Crippen LogP contribution in [-0.2, 0) is 4.74 Å². The van der Waals surface area contributed by atoms with Gasteiger partial charge in [-0.3, -0.25) is 9.89 Å². The average molecular weight is 211 g/mol. The van der Waals surface area contributed by atoms with Crippen LogP contribution in [0.1, 0.15) is 28.7 Å². The van der Waals surface area contributed by atoms with Gasteiger partial charge < -0.3 is 10.1 Å². The van der Waals surface area contributed by atoms with Crippen LogP contribution >= 0.6 is 0 Å². The normalized spacial score (nSPS) is 12.5. The highest BCUT2D eigenvalue weighted by Gasteiger charge is 2.16. The standard InChI is InChI=1S/C10H17N3O2/c1-6(5-15-4)11-10(14)9-7(2)12-13-8(9)3/h6H,5H2,1-4H3,(H,11,14)(H,12,13). The first-order chi connectivity index (χ1) is 7.06. The average Bonchev–Trinajstić information content (AvgIpc) is 2.46. The zero-order chi connectivity index (χ0) is 11.4.